The number of fused-ring (bicyclic) bond motifs is 2. The molecular formula is C27H40N2O3Si. The number of amides is 3. The molecule has 33 heavy (non-hydrogen) atoms. The lowest BCUT2D eigenvalue weighted by atomic mass is 9.84. The largest absolute Gasteiger partial charge is 0.543 e. The summed E-state index contributed by atoms with van der Waals surface area (Å²) in [6.07, 6.45) is 8.45. The number of hydrogen-bond donors (Lipinski definition) is 0. The summed E-state index contributed by atoms with van der Waals surface area (Å²) in [5, 5.41) is 0.0818. The van der Waals surface area contributed by atoms with Crippen LogP contribution in [0.3, 0.4) is 0 Å². The van der Waals surface area contributed by atoms with E-state index < -0.39 is 14.4 Å². The van der Waals surface area contributed by atoms with Crippen LogP contribution in [0.4, 0.5) is 4.79 Å². The van der Waals surface area contributed by atoms with Gasteiger partial charge >= 0.3 is 6.03 Å². The van der Waals surface area contributed by atoms with E-state index in [0.717, 1.165) is 54.5 Å². The minimum atomic E-state index is -2.04. The lowest BCUT2D eigenvalue weighted by Gasteiger charge is -2.40. The molecule has 0 aromatic heterocycles. The summed E-state index contributed by atoms with van der Waals surface area (Å²) in [5.41, 5.74) is 3.26. The number of nitrogens with zero attached hydrogens (tertiary/aromatic N) is 2. The summed E-state index contributed by atoms with van der Waals surface area (Å²) in [6, 6.07) is 3.64. The van der Waals surface area contributed by atoms with E-state index in [-0.39, 0.29) is 29.1 Å². The van der Waals surface area contributed by atoms with Crippen LogP contribution in [-0.4, -0.2) is 42.1 Å². The molecule has 0 spiro atoms. The van der Waals surface area contributed by atoms with Gasteiger partial charge < -0.3 is 9.33 Å². The van der Waals surface area contributed by atoms with Gasteiger partial charge in [-0.3, -0.25) is 9.69 Å². The Hall–Kier alpha value is -2.08. The standard InChI is InChI=1S/C27H40N2O3Si/c1-8-19-21-17-23-25(30)28(18-13-11-10-12-14-18)26(31)29(23)22(9-2)20(21)15-16-24(19)32-33(6,7)27(3,4)5/h8,15-16,18,22-23H,1,9-14,17H2,2-7H3/t22-,23+/m1/s1. The van der Waals surface area contributed by atoms with Crippen LogP contribution >= 0.6 is 0 Å². The molecule has 180 valence electrons. The molecule has 3 aliphatic rings. The van der Waals surface area contributed by atoms with Crippen molar-refractivity contribution in [2.45, 2.75) is 109 Å². The first-order valence-corrected chi connectivity index (χ1v) is 15.5. The molecule has 2 atom stereocenters. The maximum Gasteiger partial charge on any atom is 0.328 e. The van der Waals surface area contributed by atoms with Gasteiger partial charge in [0.1, 0.15) is 11.8 Å². The Labute approximate surface area is 200 Å². The smallest absolute Gasteiger partial charge is 0.328 e. The molecule has 6 heteroatoms. The zero-order valence-electron chi connectivity index (χ0n) is 21.2. The second kappa shape index (κ2) is 8.61. The molecule has 0 radical (unpaired) electrons. The summed E-state index contributed by atoms with van der Waals surface area (Å²) < 4.78 is 6.69. The molecule has 5 nitrogen and oxygen atoms in total. The minimum absolute atomic E-state index is 0.0123. The summed E-state index contributed by atoms with van der Waals surface area (Å²) in [5.74, 6) is 0.848. The highest BCUT2D eigenvalue weighted by Crippen LogP contribution is 2.46. The molecule has 1 saturated carbocycles. The van der Waals surface area contributed by atoms with Crippen molar-refractivity contribution in [2.75, 3.05) is 0 Å². The van der Waals surface area contributed by atoms with Gasteiger partial charge in [-0.15, -0.1) is 0 Å². The van der Waals surface area contributed by atoms with Crippen LogP contribution in [0.15, 0.2) is 18.7 Å². The van der Waals surface area contributed by atoms with Crippen LogP contribution in [0.2, 0.25) is 18.1 Å². The van der Waals surface area contributed by atoms with Gasteiger partial charge in [-0.2, -0.15) is 0 Å². The van der Waals surface area contributed by atoms with E-state index in [0.29, 0.717) is 6.42 Å². The third kappa shape index (κ3) is 3.94. The first kappa shape index (κ1) is 24.1. The maximum absolute atomic E-state index is 13.6. The average Bonchev–Trinajstić information content (AvgIpc) is 3.01. The van der Waals surface area contributed by atoms with Crippen molar-refractivity contribution in [1.29, 1.82) is 0 Å². The normalized spacial score (nSPS) is 24.1. The van der Waals surface area contributed by atoms with Gasteiger partial charge in [0.25, 0.3) is 14.2 Å². The molecule has 3 amide bonds. The van der Waals surface area contributed by atoms with Crippen LogP contribution in [0.1, 0.15) is 89.0 Å². The molecule has 0 N–H and O–H groups in total. The number of carbonyl (C=O) groups excluding carboxylic acids is 2. The fraction of sp³-hybridized carbons (Fsp3) is 0.630. The van der Waals surface area contributed by atoms with Gasteiger partial charge in [-0.05, 0) is 54.6 Å². The van der Waals surface area contributed by atoms with Gasteiger partial charge in [0, 0.05) is 18.0 Å². The van der Waals surface area contributed by atoms with Crippen molar-refractivity contribution >= 4 is 26.3 Å². The zero-order chi connectivity index (χ0) is 24.1. The predicted octanol–water partition coefficient (Wildman–Crippen LogP) is 6.69. The number of carbonyl (C=O) groups is 2. The Balaban J connectivity index is 1.73. The molecule has 2 aliphatic heterocycles. The lowest BCUT2D eigenvalue weighted by Crippen LogP contribution is -2.45. The van der Waals surface area contributed by atoms with Crippen molar-refractivity contribution in [2.24, 2.45) is 0 Å². The number of imide groups is 1. The Bertz CT molecular complexity index is 959. The van der Waals surface area contributed by atoms with E-state index in [4.69, 9.17) is 4.43 Å². The van der Waals surface area contributed by atoms with E-state index in [1.54, 1.807) is 4.90 Å². The number of urea groups is 1. The second-order valence-corrected chi connectivity index (χ2v) is 16.2. The molecule has 0 unspecified atom stereocenters. The van der Waals surface area contributed by atoms with Crippen molar-refractivity contribution in [3.63, 3.8) is 0 Å². The molecular weight excluding hydrogens is 428 g/mol. The Morgan fingerprint density at radius 1 is 1.15 bits per heavy atom. The summed E-state index contributed by atoms with van der Waals surface area (Å²) in [4.78, 5) is 30.6. The van der Waals surface area contributed by atoms with Crippen LogP contribution in [-0.2, 0) is 11.2 Å². The van der Waals surface area contributed by atoms with Crippen LogP contribution < -0.4 is 4.43 Å². The average molecular weight is 469 g/mol. The lowest BCUT2D eigenvalue weighted by molar-refractivity contribution is -0.130. The van der Waals surface area contributed by atoms with Crippen LogP contribution in [0.25, 0.3) is 6.08 Å². The van der Waals surface area contributed by atoms with Crippen molar-refractivity contribution in [3.8, 4) is 5.75 Å². The van der Waals surface area contributed by atoms with E-state index in [1.165, 1.54) is 6.42 Å². The van der Waals surface area contributed by atoms with Crippen molar-refractivity contribution in [1.82, 2.24) is 9.80 Å². The van der Waals surface area contributed by atoms with Crippen LogP contribution in [0.5, 0.6) is 5.75 Å². The van der Waals surface area contributed by atoms with E-state index >= 15 is 0 Å². The molecule has 1 aromatic rings. The minimum Gasteiger partial charge on any atom is -0.543 e. The van der Waals surface area contributed by atoms with E-state index in [2.05, 4.69) is 59.5 Å². The topological polar surface area (TPSA) is 49.9 Å². The first-order valence-electron chi connectivity index (χ1n) is 12.6. The molecule has 1 saturated heterocycles. The summed E-state index contributed by atoms with van der Waals surface area (Å²) in [6.45, 7) is 17.4. The fourth-order valence-electron chi connectivity index (χ4n) is 5.54. The molecule has 1 aliphatic carbocycles. The van der Waals surface area contributed by atoms with Crippen LogP contribution in [0, 0.1) is 0 Å². The zero-order valence-corrected chi connectivity index (χ0v) is 22.2. The molecule has 0 bridgehead atoms. The monoisotopic (exact) mass is 468 g/mol. The van der Waals surface area contributed by atoms with Gasteiger partial charge in [-0.25, -0.2) is 4.79 Å². The number of benzene rings is 1. The van der Waals surface area contributed by atoms with Crippen molar-refractivity contribution < 1.29 is 14.0 Å². The van der Waals surface area contributed by atoms with Gasteiger partial charge in [-0.1, -0.05) is 65.7 Å². The molecule has 2 fully saturated rings. The quantitative estimate of drug-likeness (QED) is 0.357. The fourth-order valence-corrected chi connectivity index (χ4v) is 6.58. The highest BCUT2D eigenvalue weighted by molar-refractivity contribution is 6.74. The van der Waals surface area contributed by atoms with Gasteiger partial charge in [0.05, 0.1) is 6.04 Å². The van der Waals surface area contributed by atoms with E-state index in [1.807, 2.05) is 11.0 Å². The van der Waals surface area contributed by atoms with E-state index in [9.17, 15) is 9.59 Å². The third-order valence-corrected chi connectivity index (χ3v) is 12.8. The highest BCUT2D eigenvalue weighted by Gasteiger charge is 2.53. The molecule has 1 aromatic carbocycles. The second-order valence-electron chi connectivity index (χ2n) is 11.4. The Morgan fingerprint density at radius 3 is 2.39 bits per heavy atom. The number of rotatable bonds is 5. The molecule has 4 rings (SSSR count). The maximum atomic E-state index is 13.6. The van der Waals surface area contributed by atoms with Gasteiger partial charge in [0.2, 0.25) is 0 Å². The van der Waals surface area contributed by atoms with Gasteiger partial charge in [0.15, 0.2) is 0 Å². The SMILES string of the molecule is C=Cc1c(O[Si](C)(C)C(C)(C)C)ccc2c1C[C@H]1C(=O)N(C3CCCCC3)C(=O)N1[C@@H]2CC. The highest BCUT2D eigenvalue weighted by atomic mass is 28.4. The Kier molecular flexibility index (Phi) is 6.27. The van der Waals surface area contributed by atoms with Crippen molar-refractivity contribution in [3.05, 3.63) is 35.4 Å². The molecule has 2 heterocycles. The predicted molar refractivity (Wildman–Crippen MR) is 136 cm³/mol. The summed E-state index contributed by atoms with van der Waals surface area (Å²) >= 11 is 0. The Morgan fingerprint density at radius 2 is 1.82 bits per heavy atom. The first-order chi connectivity index (χ1) is 15.5. The third-order valence-electron chi connectivity index (χ3n) is 8.43. The summed E-state index contributed by atoms with van der Waals surface area (Å²) in [7, 11) is -2.04. The number of hydrogen-bond acceptors (Lipinski definition) is 3.